The van der Waals surface area contributed by atoms with Crippen LogP contribution in [0, 0.1) is 18.7 Å². The summed E-state index contributed by atoms with van der Waals surface area (Å²) in [5.41, 5.74) is 1.18. The largest absolute Gasteiger partial charge is 0.496 e. The zero-order valence-corrected chi connectivity index (χ0v) is 20.5. The average molecular weight is 489 g/mol. The second-order valence-corrected chi connectivity index (χ2v) is 9.20. The number of hydrogen-bond acceptors (Lipinski definition) is 6. The lowest BCUT2D eigenvalue weighted by molar-refractivity contribution is -0.163. The third-order valence-corrected chi connectivity index (χ3v) is 7.06. The smallest absolute Gasteiger partial charge is 0.348 e. The first-order valence-corrected chi connectivity index (χ1v) is 12.0. The lowest BCUT2D eigenvalue weighted by Crippen LogP contribution is -2.49. The van der Waals surface area contributed by atoms with Gasteiger partial charge in [-0.25, -0.2) is 9.18 Å². The van der Waals surface area contributed by atoms with Crippen molar-refractivity contribution >= 4 is 5.97 Å². The van der Waals surface area contributed by atoms with Gasteiger partial charge in [0.25, 0.3) is 0 Å². The minimum Gasteiger partial charge on any atom is -0.496 e. The Bertz CT molecular complexity index is 1060. The van der Waals surface area contributed by atoms with Gasteiger partial charge in [0.1, 0.15) is 11.5 Å². The SMILES string of the molecule is COc1cc(-c2ccc(OC3(C(=O)O)CCOCC3)cc2CCC2CCOC2)c(F)c(OC)c1C. The Balaban J connectivity index is 1.75. The molecule has 1 N–H and O–H groups in total. The molecule has 0 aromatic heterocycles. The van der Waals surface area contributed by atoms with Crippen LogP contribution in [-0.4, -0.2) is 57.3 Å². The first-order chi connectivity index (χ1) is 16.9. The first kappa shape index (κ1) is 25.3. The van der Waals surface area contributed by atoms with Crippen molar-refractivity contribution < 1.29 is 38.0 Å². The predicted octanol–water partition coefficient (Wildman–Crippen LogP) is 4.80. The van der Waals surface area contributed by atoms with Crippen LogP contribution in [0.15, 0.2) is 24.3 Å². The van der Waals surface area contributed by atoms with Crippen LogP contribution in [0.4, 0.5) is 4.39 Å². The van der Waals surface area contributed by atoms with Gasteiger partial charge in [-0.05, 0) is 61.4 Å². The van der Waals surface area contributed by atoms with Crippen LogP contribution in [-0.2, 0) is 20.7 Å². The number of carboxylic acid groups (broad SMARTS) is 1. The van der Waals surface area contributed by atoms with Gasteiger partial charge in [0.05, 0.1) is 27.4 Å². The highest BCUT2D eigenvalue weighted by Gasteiger charge is 2.43. The van der Waals surface area contributed by atoms with Crippen LogP contribution in [0.5, 0.6) is 17.2 Å². The first-order valence-electron chi connectivity index (χ1n) is 12.0. The van der Waals surface area contributed by atoms with Crippen molar-refractivity contribution in [3.05, 3.63) is 41.2 Å². The summed E-state index contributed by atoms with van der Waals surface area (Å²) >= 11 is 0. The fourth-order valence-corrected chi connectivity index (χ4v) is 4.91. The van der Waals surface area contributed by atoms with Gasteiger partial charge in [-0.15, -0.1) is 0 Å². The summed E-state index contributed by atoms with van der Waals surface area (Å²) in [4.78, 5) is 12.1. The van der Waals surface area contributed by atoms with Gasteiger partial charge in [-0.3, -0.25) is 0 Å². The molecule has 35 heavy (non-hydrogen) atoms. The molecule has 7 nitrogen and oxygen atoms in total. The maximum Gasteiger partial charge on any atom is 0.348 e. The molecular formula is C27H33FO7. The molecule has 0 amide bonds. The predicted molar refractivity (Wildman–Crippen MR) is 128 cm³/mol. The number of methoxy groups -OCH3 is 2. The number of hydrogen-bond donors (Lipinski definition) is 1. The van der Waals surface area contributed by atoms with Crippen molar-refractivity contribution in [1.82, 2.24) is 0 Å². The Labute approximate surface area is 205 Å². The summed E-state index contributed by atoms with van der Waals surface area (Å²) < 4.78 is 43.4. The Morgan fingerprint density at radius 1 is 1.11 bits per heavy atom. The highest BCUT2D eigenvalue weighted by Crippen LogP contribution is 2.41. The van der Waals surface area contributed by atoms with Gasteiger partial charge in [0, 0.05) is 37.2 Å². The second kappa shape index (κ2) is 10.8. The van der Waals surface area contributed by atoms with Gasteiger partial charge in [-0.1, -0.05) is 6.07 Å². The molecule has 0 radical (unpaired) electrons. The van der Waals surface area contributed by atoms with Crippen LogP contribution in [0.1, 0.15) is 36.8 Å². The monoisotopic (exact) mass is 488 g/mol. The molecule has 8 heteroatoms. The average Bonchev–Trinajstić information content (AvgIpc) is 3.38. The molecule has 2 aromatic rings. The van der Waals surface area contributed by atoms with E-state index in [1.807, 2.05) is 6.07 Å². The van der Waals surface area contributed by atoms with Crippen LogP contribution in [0.2, 0.25) is 0 Å². The molecule has 1 atom stereocenters. The Kier molecular flexibility index (Phi) is 7.82. The summed E-state index contributed by atoms with van der Waals surface area (Å²) in [6, 6.07) is 7.01. The number of ether oxygens (including phenoxy) is 5. The molecule has 2 heterocycles. The van der Waals surface area contributed by atoms with Crippen LogP contribution >= 0.6 is 0 Å². The third-order valence-electron chi connectivity index (χ3n) is 7.06. The lowest BCUT2D eigenvalue weighted by Gasteiger charge is -2.33. The van der Waals surface area contributed by atoms with E-state index in [9.17, 15) is 9.90 Å². The number of aryl methyl sites for hydroxylation is 1. The van der Waals surface area contributed by atoms with E-state index in [-0.39, 0.29) is 18.6 Å². The zero-order valence-electron chi connectivity index (χ0n) is 20.5. The van der Waals surface area contributed by atoms with Crippen LogP contribution in [0.25, 0.3) is 11.1 Å². The number of carbonyl (C=O) groups is 1. The molecule has 0 bridgehead atoms. The van der Waals surface area contributed by atoms with Gasteiger partial charge >= 0.3 is 5.97 Å². The summed E-state index contributed by atoms with van der Waals surface area (Å²) in [5.74, 6) is 0.0786. The summed E-state index contributed by atoms with van der Waals surface area (Å²) in [5, 5.41) is 9.90. The third kappa shape index (κ3) is 5.23. The van der Waals surface area contributed by atoms with Crippen LogP contribution < -0.4 is 14.2 Å². The molecular weight excluding hydrogens is 455 g/mol. The van der Waals surface area contributed by atoms with E-state index in [1.54, 1.807) is 32.2 Å². The molecule has 4 rings (SSSR count). The summed E-state index contributed by atoms with van der Waals surface area (Å²) in [7, 11) is 2.98. The van der Waals surface area contributed by atoms with E-state index in [2.05, 4.69) is 0 Å². The summed E-state index contributed by atoms with van der Waals surface area (Å²) in [6.45, 7) is 3.88. The number of aliphatic carboxylic acids is 1. The zero-order chi connectivity index (χ0) is 25.0. The second-order valence-electron chi connectivity index (χ2n) is 9.20. The van der Waals surface area contributed by atoms with Crippen molar-refractivity contribution in [2.75, 3.05) is 40.6 Å². The van der Waals surface area contributed by atoms with E-state index in [1.165, 1.54) is 7.11 Å². The fraction of sp³-hybridized carbons (Fsp3) is 0.519. The van der Waals surface area contributed by atoms with E-state index in [0.717, 1.165) is 25.0 Å². The van der Waals surface area contributed by atoms with Crippen molar-refractivity contribution in [3.8, 4) is 28.4 Å². The quantitative estimate of drug-likeness (QED) is 0.543. The molecule has 2 aliphatic rings. The maximum atomic E-state index is 15.6. The van der Waals surface area contributed by atoms with Gasteiger partial charge in [0.15, 0.2) is 11.6 Å². The minimum atomic E-state index is -1.34. The topological polar surface area (TPSA) is 83.5 Å². The molecule has 0 aliphatic carbocycles. The number of carboxylic acids is 1. The summed E-state index contributed by atoms with van der Waals surface area (Å²) in [6.07, 6.45) is 3.06. The number of benzene rings is 2. The lowest BCUT2D eigenvalue weighted by atomic mass is 9.91. The minimum absolute atomic E-state index is 0.141. The molecule has 0 spiro atoms. The standard InChI is InChI=1S/C27H33FO7/c1-17-23(31-2)15-22(24(28)25(17)32-3)21-7-6-20(14-19(21)5-4-18-8-11-34-16-18)35-27(26(29)30)9-12-33-13-10-27/h6-7,14-15,18H,4-5,8-13,16H2,1-3H3,(H,29,30). The molecule has 1 unspecified atom stereocenters. The fourth-order valence-electron chi connectivity index (χ4n) is 4.91. The van der Waals surface area contributed by atoms with E-state index in [4.69, 9.17) is 23.7 Å². The Morgan fingerprint density at radius 2 is 1.89 bits per heavy atom. The normalized spacial score (nSPS) is 19.4. The highest BCUT2D eigenvalue weighted by atomic mass is 19.1. The van der Waals surface area contributed by atoms with Gasteiger partial charge in [0.2, 0.25) is 5.60 Å². The van der Waals surface area contributed by atoms with E-state index >= 15 is 4.39 Å². The van der Waals surface area contributed by atoms with E-state index < -0.39 is 17.4 Å². The Morgan fingerprint density at radius 3 is 2.51 bits per heavy atom. The van der Waals surface area contributed by atoms with Gasteiger partial charge < -0.3 is 28.8 Å². The van der Waals surface area contributed by atoms with Crippen LogP contribution in [0.3, 0.4) is 0 Å². The number of rotatable bonds is 9. The van der Waals surface area contributed by atoms with Crippen molar-refractivity contribution in [2.45, 2.75) is 44.6 Å². The van der Waals surface area contributed by atoms with Crippen molar-refractivity contribution in [1.29, 1.82) is 0 Å². The molecule has 2 saturated heterocycles. The Hall–Kier alpha value is -2.84. The maximum absolute atomic E-state index is 15.6. The molecule has 2 aliphatic heterocycles. The molecule has 190 valence electrons. The van der Waals surface area contributed by atoms with Crippen molar-refractivity contribution in [2.24, 2.45) is 5.92 Å². The molecule has 0 saturated carbocycles. The van der Waals surface area contributed by atoms with Gasteiger partial charge in [-0.2, -0.15) is 0 Å². The highest BCUT2D eigenvalue weighted by molar-refractivity contribution is 5.78. The van der Waals surface area contributed by atoms with E-state index in [0.29, 0.717) is 60.3 Å². The van der Waals surface area contributed by atoms with Crippen molar-refractivity contribution in [3.63, 3.8) is 0 Å². The molecule has 2 fully saturated rings. The molecule has 2 aromatic carbocycles. The number of halogens is 1.